The van der Waals surface area contributed by atoms with Gasteiger partial charge in [-0.25, -0.2) is 4.39 Å². The standard InChI is InChI=1S/C11H14FNO2/c1-15-11(14)9(7-13)5-8-3-2-4-10(12)6-8/h2-4,6,9H,5,7,13H2,1H3. The van der Waals surface area contributed by atoms with Crippen molar-refractivity contribution in [3.05, 3.63) is 35.6 Å². The lowest BCUT2D eigenvalue weighted by Gasteiger charge is -2.11. The van der Waals surface area contributed by atoms with Crippen LogP contribution in [0.1, 0.15) is 5.56 Å². The summed E-state index contributed by atoms with van der Waals surface area (Å²) < 4.78 is 17.5. The van der Waals surface area contributed by atoms with E-state index < -0.39 is 5.92 Å². The first kappa shape index (κ1) is 11.7. The molecule has 0 heterocycles. The summed E-state index contributed by atoms with van der Waals surface area (Å²) in [5.74, 6) is -1.08. The van der Waals surface area contributed by atoms with Crippen molar-refractivity contribution < 1.29 is 13.9 Å². The van der Waals surface area contributed by atoms with E-state index in [0.717, 1.165) is 5.56 Å². The molecular weight excluding hydrogens is 197 g/mol. The highest BCUT2D eigenvalue weighted by Crippen LogP contribution is 2.10. The fourth-order valence-electron chi connectivity index (χ4n) is 1.38. The Bertz CT molecular complexity index is 341. The number of ether oxygens (including phenoxy) is 1. The van der Waals surface area contributed by atoms with Crippen LogP contribution in [0, 0.1) is 11.7 Å². The molecule has 0 aliphatic heterocycles. The Balaban J connectivity index is 2.70. The van der Waals surface area contributed by atoms with Gasteiger partial charge >= 0.3 is 5.97 Å². The Morgan fingerprint density at radius 2 is 2.33 bits per heavy atom. The molecule has 15 heavy (non-hydrogen) atoms. The predicted molar refractivity (Wildman–Crippen MR) is 54.7 cm³/mol. The summed E-state index contributed by atoms with van der Waals surface area (Å²) in [4.78, 5) is 11.2. The molecule has 1 unspecified atom stereocenters. The minimum absolute atomic E-state index is 0.198. The van der Waals surface area contributed by atoms with Crippen molar-refractivity contribution in [2.45, 2.75) is 6.42 Å². The molecule has 0 aliphatic carbocycles. The minimum atomic E-state index is -0.406. The molecule has 0 amide bonds. The molecule has 0 radical (unpaired) electrons. The molecule has 0 bridgehead atoms. The molecule has 1 aromatic carbocycles. The summed E-state index contributed by atoms with van der Waals surface area (Å²) >= 11 is 0. The maximum absolute atomic E-state index is 12.9. The Morgan fingerprint density at radius 1 is 1.60 bits per heavy atom. The highest BCUT2D eigenvalue weighted by Gasteiger charge is 2.17. The van der Waals surface area contributed by atoms with Crippen molar-refractivity contribution in [2.75, 3.05) is 13.7 Å². The second-order valence-electron chi connectivity index (χ2n) is 3.29. The van der Waals surface area contributed by atoms with Crippen molar-refractivity contribution in [3.63, 3.8) is 0 Å². The molecule has 0 spiro atoms. The van der Waals surface area contributed by atoms with Crippen LogP contribution in [0.4, 0.5) is 4.39 Å². The lowest BCUT2D eigenvalue weighted by atomic mass is 9.99. The topological polar surface area (TPSA) is 52.3 Å². The zero-order valence-corrected chi connectivity index (χ0v) is 8.57. The first-order valence-corrected chi connectivity index (χ1v) is 4.69. The predicted octanol–water partition coefficient (Wildman–Crippen LogP) is 1.12. The molecule has 3 nitrogen and oxygen atoms in total. The summed E-state index contributed by atoms with van der Waals surface area (Å²) in [7, 11) is 1.32. The molecule has 0 fully saturated rings. The first-order valence-electron chi connectivity index (χ1n) is 4.69. The van der Waals surface area contributed by atoms with Gasteiger partial charge in [0.1, 0.15) is 5.82 Å². The molecule has 1 rings (SSSR count). The number of methoxy groups -OCH3 is 1. The van der Waals surface area contributed by atoms with Gasteiger partial charge in [0.15, 0.2) is 0 Å². The van der Waals surface area contributed by atoms with Crippen molar-refractivity contribution in [2.24, 2.45) is 11.7 Å². The maximum Gasteiger partial charge on any atom is 0.310 e. The lowest BCUT2D eigenvalue weighted by molar-refractivity contribution is -0.145. The smallest absolute Gasteiger partial charge is 0.310 e. The van der Waals surface area contributed by atoms with Gasteiger partial charge in [0, 0.05) is 6.54 Å². The van der Waals surface area contributed by atoms with Gasteiger partial charge in [0.25, 0.3) is 0 Å². The second kappa shape index (κ2) is 5.46. The molecule has 1 aromatic rings. The molecule has 0 saturated heterocycles. The number of nitrogens with two attached hydrogens (primary N) is 1. The van der Waals surface area contributed by atoms with E-state index in [0.29, 0.717) is 6.42 Å². The van der Waals surface area contributed by atoms with Gasteiger partial charge in [-0.2, -0.15) is 0 Å². The number of hydrogen-bond acceptors (Lipinski definition) is 3. The van der Waals surface area contributed by atoms with Gasteiger partial charge in [0.05, 0.1) is 13.0 Å². The molecule has 2 N–H and O–H groups in total. The third-order valence-electron chi connectivity index (χ3n) is 2.19. The first-order chi connectivity index (χ1) is 7.17. The summed E-state index contributed by atoms with van der Waals surface area (Å²) in [6, 6.07) is 6.12. The van der Waals surface area contributed by atoms with Gasteiger partial charge < -0.3 is 10.5 Å². The summed E-state index contributed by atoms with van der Waals surface area (Å²) in [5.41, 5.74) is 6.19. The molecule has 1 atom stereocenters. The SMILES string of the molecule is COC(=O)C(CN)Cc1cccc(F)c1. The number of rotatable bonds is 4. The average molecular weight is 211 g/mol. The van der Waals surface area contributed by atoms with E-state index >= 15 is 0 Å². The molecule has 82 valence electrons. The third kappa shape index (κ3) is 3.32. The number of benzene rings is 1. The molecular formula is C11H14FNO2. The van der Waals surface area contributed by atoms with Crippen LogP contribution in [0.15, 0.2) is 24.3 Å². The van der Waals surface area contributed by atoms with Gasteiger partial charge in [-0.05, 0) is 24.1 Å². The Kier molecular flexibility index (Phi) is 4.24. The van der Waals surface area contributed by atoms with Crippen molar-refractivity contribution in [1.29, 1.82) is 0 Å². The average Bonchev–Trinajstić information content (AvgIpc) is 2.25. The van der Waals surface area contributed by atoms with E-state index in [-0.39, 0.29) is 18.3 Å². The Morgan fingerprint density at radius 3 is 2.87 bits per heavy atom. The van der Waals surface area contributed by atoms with Crippen LogP contribution in [-0.2, 0) is 16.0 Å². The largest absolute Gasteiger partial charge is 0.469 e. The van der Waals surface area contributed by atoms with Gasteiger partial charge in [-0.1, -0.05) is 12.1 Å². The summed E-state index contributed by atoms with van der Waals surface area (Å²) in [6.07, 6.45) is 0.404. The normalized spacial score (nSPS) is 12.2. The van der Waals surface area contributed by atoms with Gasteiger partial charge in [-0.15, -0.1) is 0 Å². The minimum Gasteiger partial charge on any atom is -0.469 e. The Labute approximate surface area is 88.0 Å². The van der Waals surface area contributed by atoms with Gasteiger partial charge in [0.2, 0.25) is 0 Å². The van der Waals surface area contributed by atoms with Crippen molar-refractivity contribution in [1.82, 2.24) is 0 Å². The highest BCUT2D eigenvalue weighted by molar-refractivity contribution is 5.72. The monoisotopic (exact) mass is 211 g/mol. The number of esters is 1. The summed E-state index contributed by atoms with van der Waals surface area (Å²) in [5, 5.41) is 0. The molecule has 4 heteroatoms. The van der Waals surface area contributed by atoms with Crippen LogP contribution in [0.5, 0.6) is 0 Å². The maximum atomic E-state index is 12.9. The van der Waals surface area contributed by atoms with Crippen LogP contribution in [0.3, 0.4) is 0 Å². The number of halogens is 1. The molecule has 0 aliphatic rings. The van der Waals surface area contributed by atoms with Crippen LogP contribution >= 0.6 is 0 Å². The van der Waals surface area contributed by atoms with E-state index in [4.69, 9.17) is 5.73 Å². The van der Waals surface area contributed by atoms with E-state index in [1.165, 1.54) is 19.2 Å². The van der Waals surface area contributed by atoms with Crippen molar-refractivity contribution in [3.8, 4) is 0 Å². The van der Waals surface area contributed by atoms with E-state index in [2.05, 4.69) is 4.74 Å². The summed E-state index contributed by atoms with van der Waals surface area (Å²) in [6.45, 7) is 0.198. The molecule has 0 aromatic heterocycles. The van der Waals surface area contributed by atoms with Crippen LogP contribution in [0.2, 0.25) is 0 Å². The van der Waals surface area contributed by atoms with E-state index in [1.54, 1.807) is 12.1 Å². The van der Waals surface area contributed by atoms with Crippen LogP contribution in [0.25, 0.3) is 0 Å². The van der Waals surface area contributed by atoms with Crippen LogP contribution in [-0.4, -0.2) is 19.6 Å². The number of carbonyl (C=O) groups excluding carboxylic acids is 1. The third-order valence-corrected chi connectivity index (χ3v) is 2.19. The highest BCUT2D eigenvalue weighted by atomic mass is 19.1. The fourth-order valence-corrected chi connectivity index (χ4v) is 1.38. The zero-order chi connectivity index (χ0) is 11.3. The quantitative estimate of drug-likeness (QED) is 0.759. The van der Waals surface area contributed by atoms with E-state index in [1.807, 2.05) is 0 Å². The van der Waals surface area contributed by atoms with Crippen LogP contribution < -0.4 is 5.73 Å². The van der Waals surface area contributed by atoms with E-state index in [9.17, 15) is 9.18 Å². The van der Waals surface area contributed by atoms with Crippen molar-refractivity contribution >= 4 is 5.97 Å². The van der Waals surface area contributed by atoms with Gasteiger partial charge in [-0.3, -0.25) is 4.79 Å². The zero-order valence-electron chi connectivity index (χ0n) is 8.57. The lowest BCUT2D eigenvalue weighted by Crippen LogP contribution is -2.26. The second-order valence-corrected chi connectivity index (χ2v) is 3.29. The molecule has 0 saturated carbocycles. The number of carbonyl (C=O) groups is 1. The Hall–Kier alpha value is -1.42. The fraction of sp³-hybridized carbons (Fsp3) is 0.364. The number of hydrogen-bond donors (Lipinski definition) is 1.